The molecule has 0 fully saturated rings. The highest BCUT2D eigenvalue weighted by Crippen LogP contribution is 2.12. The van der Waals surface area contributed by atoms with Crippen LogP contribution in [0, 0.1) is 0 Å². The van der Waals surface area contributed by atoms with Crippen LogP contribution in [0.5, 0.6) is 0 Å². The molecule has 70 valence electrons. The molecule has 0 bridgehead atoms. The molecule has 0 aliphatic rings. The van der Waals surface area contributed by atoms with Crippen molar-refractivity contribution in [1.29, 1.82) is 0 Å². The van der Waals surface area contributed by atoms with Crippen LogP contribution >= 0.6 is 10.8 Å². The Morgan fingerprint density at radius 2 is 2.25 bits per heavy atom. The zero-order valence-electron chi connectivity index (χ0n) is 7.49. The molecular formula is C9H16OS2. The van der Waals surface area contributed by atoms with E-state index in [1.165, 1.54) is 10.8 Å². The second-order valence-electron chi connectivity index (χ2n) is 2.30. The molecule has 0 radical (unpaired) electrons. The van der Waals surface area contributed by atoms with Crippen LogP contribution in [0.3, 0.4) is 0 Å². The highest BCUT2D eigenvalue weighted by atomic mass is 33.1. The summed E-state index contributed by atoms with van der Waals surface area (Å²) < 4.78 is 11.1. The summed E-state index contributed by atoms with van der Waals surface area (Å²) in [6, 6.07) is 0. The van der Waals surface area contributed by atoms with E-state index >= 15 is 0 Å². The number of hydrogen-bond acceptors (Lipinski definition) is 2. The first-order valence-corrected chi connectivity index (χ1v) is 6.91. The molecule has 0 heterocycles. The quantitative estimate of drug-likeness (QED) is 0.361. The van der Waals surface area contributed by atoms with Gasteiger partial charge in [0.25, 0.3) is 0 Å². The molecule has 1 nitrogen and oxygen atoms in total. The third-order valence-electron chi connectivity index (χ3n) is 1.17. The van der Waals surface area contributed by atoms with Gasteiger partial charge in [0.1, 0.15) is 5.75 Å². The summed E-state index contributed by atoms with van der Waals surface area (Å²) in [5.41, 5.74) is 0. The van der Waals surface area contributed by atoms with Crippen molar-refractivity contribution in [1.82, 2.24) is 0 Å². The van der Waals surface area contributed by atoms with E-state index < -0.39 is 10.2 Å². The Morgan fingerprint density at radius 1 is 1.50 bits per heavy atom. The van der Waals surface area contributed by atoms with Crippen molar-refractivity contribution < 1.29 is 4.55 Å². The predicted octanol–water partition coefficient (Wildman–Crippen LogP) is 2.93. The summed E-state index contributed by atoms with van der Waals surface area (Å²) in [5.74, 6) is 1.44. The molecule has 0 aliphatic heterocycles. The van der Waals surface area contributed by atoms with E-state index in [9.17, 15) is 4.55 Å². The molecule has 0 aromatic heterocycles. The zero-order chi connectivity index (χ0) is 9.23. The molecule has 0 spiro atoms. The van der Waals surface area contributed by atoms with E-state index in [1.807, 2.05) is 6.08 Å². The van der Waals surface area contributed by atoms with Crippen molar-refractivity contribution in [2.75, 3.05) is 11.5 Å². The van der Waals surface area contributed by atoms with Crippen molar-refractivity contribution in [2.24, 2.45) is 0 Å². The van der Waals surface area contributed by atoms with Gasteiger partial charge in [-0.05, 0) is 12.5 Å². The van der Waals surface area contributed by atoms with E-state index in [1.54, 1.807) is 6.08 Å². The van der Waals surface area contributed by atoms with E-state index in [0.717, 1.165) is 18.6 Å². The lowest BCUT2D eigenvalue weighted by atomic mass is 10.3. The van der Waals surface area contributed by atoms with Crippen molar-refractivity contribution in [3.05, 3.63) is 24.8 Å². The zero-order valence-corrected chi connectivity index (χ0v) is 9.13. The Hall–Kier alpha value is 0.140. The fraction of sp³-hybridized carbons (Fsp3) is 0.556. The Balaban J connectivity index is 3.29. The molecule has 0 aromatic carbocycles. The monoisotopic (exact) mass is 204 g/mol. The van der Waals surface area contributed by atoms with Crippen LogP contribution in [0.15, 0.2) is 24.8 Å². The SMILES string of the molecule is C=CCS[S+]([O-])CC=CCCC. The van der Waals surface area contributed by atoms with Crippen LogP contribution in [0.25, 0.3) is 0 Å². The largest absolute Gasteiger partial charge is 0.605 e. The van der Waals surface area contributed by atoms with Crippen molar-refractivity contribution in [3.63, 3.8) is 0 Å². The molecule has 1 unspecified atom stereocenters. The predicted molar refractivity (Wildman–Crippen MR) is 59.7 cm³/mol. The lowest BCUT2D eigenvalue weighted by molar-refractivity contribution is 0.612. The van der Waals surface area contributed by atoms with Gasteiger partial charge in [0.15, 0.2) is 0 Å². The van der Waals surface area contributed by atoms with Gasteiger partial charge in [0, 0.05) is 10.2 Å². The fourth-order valence-corrected chi connectivity index (χ4v) is 2.51. The van der Waals surface area contributed by atoms with Crippen molar-refractivity contribution >= 4 is 21.0 Å². The minimum Gasteiger partial charge on any atom is -0.605 e. The van der Waals surface area contributed by atoms with Gasteiger partial charge in [-0.25, -0.2) is 0 Å². The lowest BCUT2D eigenvalue weighted by Crippen LogP contribution is -1.98. The normalized spacial score (nSPS) is 13.5. The molecule has 3 heteroatoms. The second kappa shape index (κ2) is 9.23. The highest BCUT2D eigenvalue weighted by molar-refractivity contribution is 8.72. The Morgan fingerprint density at radius 3 is 2.83 bits per heavy atom. The molecule has 12 heavy (non-hydrogen) atoms. The Kier molecular flexibility index (Phi) is 9.34. The van der Waals surface area contributed by atoms with Crippen LogP contribution in [-0.2, 0) is 10.2 Å². The molecule has 0 amide bonds. The van der Waals surface area contributed by atoms with Crippen LogP contribution in [0.1, 0.15) is 19.8 Å². The average Bonchev–Trinajstić information content (AvgIpc) is 2.09. The van der Waals surface area contributed by atoms with Gasteiger partial charge in [-0.3, -0.25) is 0 Å². The number of rotatable bonds is 7. The standard InChI is InChI=1S/C9H16OS2/c1-3-5-6-7-9-12(10)11-8-4-2/h4,6-7H,2-3,5,8-9H2,1H3. The number of allylic oxidation sites excluding steroid dienone is 1. The summed E-state index contributed by atoms with van der Waals surface area (Å²) in [4.78, 5) is 0. The van der Waals surface area contributed by atoms with Gasteiger partial charge in [-0.15, -0.1) is 6.58 Å². The molecule has 0 aliphatic carbocycles. The van der Waals surface area contributed by atoms with Crippen LogP contribution < -0.4 is 0 Å². The third-order valence-corrected chi connectivity index (χ3v) is 3.88. The maximum atomic E-state index is 11.1. The van der Waals surface area contributed by atoms with Crippen LogP contribution in [-0.4, -0.2) is 16.1 Å². The first kappa shape index (κ1) is 12.1. The second-order valence-corrected chi connectivity index (χ2v) is 5.64. The molecule has 1 atom stereocenters. The summed E-state index contributed by atoms with van der Waals surface area (Å²) in [6.45, 7) is 5.70. The molecule has 0 saturated heterocycles. The topological polar surface area (TPSA) is 23.1 Å². The molecule has 0 aromatic rings. The highest BCUT2D eigenvalue weighted by Gasteiger charge is 2.02. The van der Waals surface area contributed by atoms with E-state index in [0.29, 0.717) is 5.75 Å². The first-order chi connectivity index (χ1) is 5.81. The van der Waals surface area contributed by atoms with Gasteiger partial charge in [-0.2, -0.15) is 0 Å². The molecule has 0 N–H and O–H groups in total. The van der Waals surface area contributed by atoms with E-state index in [-0.39, 0.29) is 0 Å². The summed E-state index contributed by atoms with van der Waals surface area (Å²) >= 11 is 0. The van der Waals surface area contributed by atoms with Gasteiger partial charge in [-0.1, -0.05) is 25.5 Å². The van der Waals surface area contributed by atoms with Crippen LogP contribution in [0.4, 0.5) is 0 Å². The van der Waals surface area contributed by atoms with Crippen LogP contribution in [0.2, 0.25) is 0 Å². The van der Waals surface area contributed by atoms with Gasteiger partial charge < -0.3 is 4.55 Å². The van der Waals surface area contributed by atoms with Gasteiger partial charge in [0.2, 0.25) is 0 Å². The maximum absolute atomic E-state index is 11.1. The minimum atomic E-state index is -0.765. The lowest BCUT2D eigenvalue weighted by Gasteiger charge is -2.03. The van der Waals surface area contributed by atoms with Crippen molar-refractivity contribution in [2.45, 2.75) is 19.8 Å². The fourth-order valence-electron chi connectivity index (χ4n) is 0.603. The number of hydrogen-bond donors (Lipinski definition) is 0. The smallest absolute Gasteiger partial charge is 0.136 e. The average molecular weight is 204 g/mol. The number of unbranched alkanes of at least 4 members (excludes halogenated alkanes) is 1. The maximum Gasteiger partial charge on any atom is 0.136 e. The molecular weight excluding hydrogens is 188 g/mol. The summed E-state index contributed by atoms with van der Waals surface area (Å²) in [5, 5.41) is 0. The van der Waals surface area contributed by atoms with Gasteiger partial charge >= 0.3 is 0 Å². The minimum absolute atomic E-state index is 0.665. The Bertz CT molecular complexity index is 134. The van der Waals surface area contributed by atoms with Gasteiger partial charge in [0.05, 0.1) is 16.5 Å². The van der Waals surface area contributed by atoms with Crippen molar-refractivity contribution in [3.8, 4) is 0 Å². The summed E-state index contributed by atoms with van der Waals surface area (Å²) in [6.07, 6.45) is 8.10. The molecule has 0 saturated carbocycles. The first-order valence-electron chi connectivity index (χ1n) is 4.08. The summed E-state index contributed by atoms with van der Waals surface area (Å²) in [7, 11) is 0.673. The molecule has 0 rings (SSSR count). The third kappa shape index (κ3) is 8.24. The van der Waals surface area contributed by atoms with E-state index in [4.69, 9.17) is 0 Å². The van der Waals surface area contributed by atoms with E-state index in [2.05, 4.69) is 19.6 Å². The Labute approximate surface area is 81.9 Å².